The summed E-state index contributed by atoms with van der Waals surface area (Å²) >= 11 is 6.11. The molecule has 114 valence electrons. The summed E-state index contributed by atoms with van der Waals surface area (Å²) in [4.78, 5) is 0. The molecule has 5 heteroatoms. The molecule has 2 N–H and O–H groups in total. The van der Waals surface area contributed by atoms with Gasteiger partial charge in [-0.2, -0.15) is 0 Å². The van der Waals surface area contributed by atoms with Crippen LogP contribution in [0, 0.1) is 0 Å². The maximum atomic E-state index is 9.23. The number of aliphatic hydroxyl groups is 1. The van der Waals surface area contributed by atoms with Crippen LogP contribution in [0.1, 0.15) is 32.8 Å². The third-order valence-corrected chi connectivity index (χ3v) is 3.18. The lowest BCUT2D eigenvalue weighted by atomic mass is 10.1. The molecule has 1 aromatic rings. The normalized spacial score (nSPS) is 12.6. The van der Waals surface area contributed by atoms with E-state index in [1.807, 2.05) is 26.8 Å². The molecule has 0 radical (unpaired) electrons. The molecule has 1 aromatic carbocycles. The number of rotatable bonds is 8. The molecule has 0 heterocycles. The minimum absolute atomic E-state index is 0.0450. The van der Waals surface area contributed by atoms with E-state index in [9.17, 15) is 5.11 Å². The van der Waals surface area contributed by atoms with Crippen molar-refractivity contribution < 1.29 is 14.6 Å². The van der Waals surface area contributed by atoms with Crippen LogP contribution in [-0.4, -0.2) is 31.0 Å². The van der Waals surface area contributed by atoms with Gasteiger partial charge in [-0.05, 0) is 26.3 Å². The maximum Gasteiger partial charge on any atom is 0.166 e. The van der Waals surface area contributed by atoms with Crippen LogP contribution in [0.5, 0.6) is 11.5 Å². The van der Waals surface area contributed by atoms with Crippen molar-refractivity contribution in [3.8, 4) is 11.5 Å². The van der Waals surface area contributed by atoms with Crippen molar-refractivity contribution in [2.45, 2.75) is 45.9 Å². The quantitative estimate of drug-likeness (QED) is 0.775. The van der Waals surface area contributed by atoms with Crippen molar-refractivity contribution >= 4 is 11.6 Å². The van der Waals surface area contributed by atoms with Crippen molar-refractivity contribution in [1.29, 1.82) is 0 Å². The van der Waals surface area contributed by atoms with E-state index in [0.29, 0.717) is 23.1 Å². The molecular weight excluding hydrogens is 278 g/mol. The lowest BCUT2D eigenvalue weighted by Gasteiger charge is -2.20. The highest BCUT2D eigenvalue weighted by Crippen LogP contribution is 2.35. The molecule has 1 rings (SSSR count). The standard InChI is InChI=1S/C15H24ClNO3/c1-5-13(9-18)17-8-11-6-12(16)7-14(19-4)15(11)20-10(2)3/h6-7,10,13,17-18H,5,8-9H2,1-4H3/t13-/m0/s1. The molecule has 0 amide bonds. The minimum atomic E-state index is 0.0450. The Morgan fingerprint density at radius 3 is 2.55 bits per heavy atom. The van der Waals surface area contributed by atoms with Gasteiger partial charge >= 0.3 is 0 Å². The predicted octanol–water partition coefficient (Wildman–Crippen LogP) is 3.00. The fourth-order valence-electron chi connectivity index (χ4n) is 1.87. The van der Waals surface area contributed by atoms with Crippen LogP contribution in [-0.2, 0) is 6.54 Å². The van der Waals surface area contributed by atoms with Gasteiger partial charge in [-0.3, -0.25) is 0 Å². The average Bonchev–Trinajstić information content (AvgIpc) is 2.41. The average molecular weight is 302 g/mol. The van der Waals surface area contributed by atoms with Crippen molar-refractivity contribution in [1.82, 2.24) is 5.32 Å². The number of ether oxygens (including phenoxy) is 2. The number of aliphatic hydroxyl groups excluding tert-OH is 1. The molecule has 20 heavy (non-hydrogen) atoms. The van der Waals surface area contributed by atoms with Crippen LogP contribution in [0.4, 0.5) is 0 Å². The molecule has 0 bridgehead atoms. The lowest BCUT2D eigenvalue weighted by Crippen LogP contribution is -2.31. The Morgan fingerprint density at radius 2 is 2.05 bits per heavy atom. The van der Waals surface area contributed by atoms with Gasteiger partial charge in [0.15, 0.2) is 11.5 Å². The molecule has 0 spiro atoms. The summed E-state index contributed by atoms with van der Waals surface area (Å²) in [5.74, 6) is 1.33. The monoisotopic (exact) mass is 301 g/mol. The molecule has 0 aliphatic heterocycles. The zero-order valence-corrected chi connectivity index (χ0v) is 13.3. The molecule has 0 fully saturated rings. The zero-order valence-electron chi connectivity index (χ0n) is 12.6. The van der Waals surface area contributed by atoms with Crippen molar-refractivity contribution in [3.05, 3.63) is 22.7 Å². The fraction of sp³-hybridized carbons (Fsp3) is 0.600. The van der Waals surface area contributed by atoms with E-state index in [0.717, 1.165) is 12.0 Å². The largest absolute Gasteiger partial charge is 0.493 e. The molecule has 0 aliphatic rings. The molecule has 1 atom stereocenters. The molecular formula is C15H24ClNO3. The van der Waals surface area contributed by atoms with Crippen LogP contribution in [0.25, 0.3) is 0 Å². The SMILES string of the molecule is CC[C@@H](CO)NCc1cc(Cl)cc(OC)c1OC(C)C. The van der Waals surface area contributed by atoms with Gasteiger partial charge in [0, 0.05) is 29.2 Å². The van der Waals surface area contributed by atoms with Crippen molar-refractivity contribution in [2.24, 2.45) is 0 Å². The van der Waals surface area contributed by atoms with Crippen LogP contribution >= 0.6 is 11.6 Å². The van der Waals surface area contributed by atoms with Gasteiger partial charge in [0.25, 0.3) is 0 Å². The first-order valence-electron chi connectivity index (χ1n) is 6.89. The summed E-state index contributed by atoms with van der Waals surface area (Å²) in [6.45, 7) is 6.63. The van der Waals surface area contributed by atoms with Crippen LogP contribution < -0.4 is 14.8 Å². The first-order chi connectivity index (χ1) is 9.51. The Hall–Kier alpha value is -0.970. The van der Waals surface area contributed by atoms with E-state index < -0.39 is 0 Å². The predicted molar refractivity (Wildman–Crippen MR) is 81.8 cm³/mol. The van der Waals surface area contributed by atoms with Crippen LogP contribution in [0.2, 0.25) is 5.02 Å². The molecule has 4 nitrogen and oxygen atoms in total. The van der Waals surface area contributed by atoms with Gasteiger partial charge in [-0.15, -0.1) is 0 Å². The smallest absolute Gasteiger partial charge is 0.166 e. The third-order valence-electron chi connectivity index (χ3n) is 2.96. The first-order valence-corrected chi connectivity index (χ1v) is 7.26. The zero-order chi connectivity index (χ0) is 15.1. The van der Waals surface area contributed by atoms with E-state index >= 15 is 0 Å². The topological polar surface area (TPSA) is 50.7 Å². The van der Waals surface area contributed by atoms with Crippen LogP contribution in [0.15, 0.2) is 12.1 Å². The van der Waals surface area contributed by atoms with Crippen molar-refractivity contribution in [2.75, 3.05) is 13.7 Å². The summed E-state index contributed by atoms with van der Waals surface area (Å²) in [6, 6.07) is 3.66. The maximum absolute atomic E-state index is 9.23. The molecule has 0 saturated carbocycles. The van der Waals surface area contributed by atoms with Gasteiger partial charge in [0.05, 0.1) is 19.8 Å². The van der Waals surface area contributed by atoms with E-state index in [4.69, 9.17) is 21.1 Å². The first kappa shape index (κ1) is 17.1. The number of methoxy groups -OCH3 is 1. The highest BCUT2D eigenvalue weighted by atomic mass is 35.5. The van der Waals surface area contributed by atoms with E-state index in [2.05, 4.69) is 5.32 Å². The molecule has 0 aromatic heterocycles. The Kier molecular flexibility index (Phi) is 7.13. The number of hydrogen-bond acceptors (Lipinski definition) is 4. The summed E-state index contributed by atoms with van der Waals surface area (Å²) in [6.07, 6.45) is 0.901. The molecule has 0 aliphatic carbocycles. The second-order valence-corrected chi connectivity index (χ2v) is 5.37. The van der Waals surface area contributed by atoms with E-state index in [1.54, 1.807) is 13.2 Å². The summed E-state index contributed by atoms with van der Waals surface area (Å²) in [7, 11) is 1.60. The number of halogens is 1. The lowest BCUT2D eigenvalue weighted by molar-refractivity contribution is 0.222. The van der Waals surface area contributed by atoms with Gasteiger partial charge in [-0.25, -0.2) is 0 Å². The fourth-order valence-corrected chi connectivity index (χ4v) is 2.10. The van der Waals surface area contributed by atoms with Crippen LogP contribution in [0.3, 0.4) is 0 Å². The molecule has 0 unspecified atom stereocenters. The number of hydrogen-bond donors (Lipinski definition) is 2. The highest BCUT2D eigenvalue weighted by molar-refractivity contribution is 6.30. The Balaban J connectivity index is 2.99. The third kappa shape index (κ3) is 4.85. The Labute approximate surface area is 126 Å². The van der Waals surface area contributed by atoms with Crippen molar-refractivity contribution in [3.63, 3.8) is 0 Å². The second kappa shape index (κ2) is 8.35. The number of benzene rings is 1. The van der Waals surface area contributed by atoms with Gasteiger partial charge < -0.3 is 19.9 Å². The minimum Gasteiger partial charge on any atom is -0.493 e. The van der Waals surface area contributed by atoms with E-state index in [-0.39, 0.29) is 18.8 Å². The summed E-state index contributed by atoms with van der Waals surface area (Å²) in [5, 5.41) is 13.1. The summed E-state index contributed by atoms with van der Waals surface area (Å²) in [5.41, 5.74) is 0.926. The Morgan fingerprint density at radius 1 is 1.35 bits per heavy atom. The Bertz CT molecular complexity index is 420. The van der Waals surface area contributed by atoms with Gasteiger partial charge in [-0.1, -0.05) is 18.5 Å². The second-order valence-electron chi connectivity index (χ2n) is 4.93. The highest BCUT2D eigenvalue weighted by Gasteiger charge is 2.15. The van der Waals surface area contributed by atoms with Gasteiger partial charge in [0.1, 0.15) is 0 Å². The van der Waals surface area contributed by atoms with Gasteiger partial charge in [0.2, 0.25) is 0 Å². The van der Waals surface area contributed by atoms with E-state index in [1.165, 1.54) is 0 Å². The number of nitrogens with one attached hydrogen (secondary N) is 1. The molecule has 0 saturated heterocycles. The summed E-state index contributed by atoms with van der Waals surface area (Å²) < 4.78 is 11.2.